The summed E-state index contributed by atoms with van der Waals surface area (Å²) in [6.45, 7) is 3.41. The molecule has 7 nitrogen and oxygen atoms in total. The second-order valence-electron chi connectivity index (χ2n) is 8.24. The van der Waals surface area contributed by atoms with Crippen LogP contribution < -0.4 is 4.90 Å². The third kappa shape index (κ3) is 4.84. The van der Waals surface area contributed by atoms with Gasteiger partial charge in [-0.15, -0.1) is 0 Å². The molecule has 1 aliphatic rings. The molecule has 1 heterocycles. The van der Waals surface area contributed by atoms with Gasteiger partial charge in [-0.25, -0.2) is 4.90 Å². The molecule has 0 saturated carbocycles. The lowest BCUT2D eigenvalue weighted by molar-refractivity contribution is -0.149. The summed E-state index contributed by atoms with van der Waals surface area (Å²) in [6, 6.07) is 15.1. The molecule has 1 saturated heterocycles. The average molecular weight is 424 g/mol. The summed E-state index contributed by atoms with van der Waals surface area (Å²) in [7, 11) is 0. The topological polar surface area (TPSA) is 98.2 Å². The second-order valence-corrected chi connectivity index (χ2v) is 8.24. The van der Waals surface area contributed by atoms with Crippen LogP contribution in [-0.2, 0) is 27.2 Å². The minimum absolute atomic E-state index is 0.135. The zero-order valence-electron chi connectivity index (χ0n) is 17.9. The van der Waals surface area contributed by atoms with Gasteiger partial charge in [-0.3, -0.25) is 14.4 Å². The van der Waals surface area contributed by atoms with E-state index in [1.807, 2.05) is 36.4 Å². The summed E-state index contributed by atoms with van der Waals surface area (Å²) in [5.74, 6) is -0.511. The highest BCUT2D eigenvalue weighted by Crippen LogP contribution is 2.36. The standard InChI is InChI=1S/C24H28N2O5/c1-24(2)22(30)26(23(24)31)20-9-7-18(8-10-20)15-17-3-5-19(6-4-17)16-21(29)25(11-13-27)12-14-28/h3-10,27-28H,11-16H2,1-2H3. The Balaban J connectivity index is 1.59. The molecule has 2 aromatic rings. The summed E-state index contributed by atoms with van der Waals surface area (Å²) >= 11 is 0. The molecular weight excluding hydrogens is 396 g/mol. The van der Waals surface area contributed by atoms with Crippen LogP contribution in [0.1, 0.15) is 30.5 Å². The lowest BCUT2D eigenvalue weighted by Gasteiger charge is -2.41. The van der Waals surface area contributed by atoms with E-state index >= 15 is 0 Å². The highest BCUT2D eigenvalue weighted by atomic mass is 16.3. The van der Waals surface area contributed by atoms with Crippen molar-refractivity contribution in [3.05, 3.63) is 65.2 Å². The van der Waals surface area contributed by atoms with Gasteiger partial charge in [0.2, 0.25) is 17.7 Å². The first-order chi connectivity index (χ1) is 14.8. The van der Waals surface area contributed by atoms with E-state index < -0.39 is 5.41 Å². The first-order valence-corrected chi connectivity index (χ1v) is 10.3. The van der Waals surface area contributed by atoms with Crippen LogP contribution in [0, 0.1) is 5.41 Å². The van der Waals surface area contributed by atoms with Crippen molar-refractivity contribution < 1.29 is 24.6 Å². The van der Waals surface area contributed by atoms with E-state index in [4.69, 9.17) is 10.2 Å². The zero-order chi connectivity index (χ0) is 22.6. The highest BCUT2D eigenvalue weighted by Gasteiger charge is 2.54. The number of amides is 3. The molecule has 0 aliphatic carbocycles. The van der Waals surface area contributed by atoms with Gasteiger partial charge in [0.15, 0.2) is 0 Å². The first kappa shape index (κ1) is 22.7. The van der Waals surface area contributed by atoms with E-state index in [0.717, 1.165) is 16.7 Å². The summed E-state index contributed by atoms with van der Waals surface area (Å²) in [5, 5.41) is 18.1. The molecule has 0 spiro atoms. The molecule has 2 N–H and O–H groups in total. The van der Waals surface area contributed by atoms with Crippen LogP contribution in [0.2, 0.25) is 0 Å². The fourth-order valence-corrected chi connectivity index (χ4v) is 3.59. The van der Waals surface area contributed by atoms with Crippen LogP contribution in [0.15, 0.2) is 48.5 Å². The van der Waals surface area contributed by atoms with Gasteiger partial charge >= 0.3 is 0 Å². The maximum atomic E-state index is 12.3. The number of anilines is 1. The number of carbonyl (C=O) groups is 3. The predicted molar refractivity (Wildman–Crippen MR) is 116 cm³/mol. The maximum Gasteiger partial charge on any atom is 0.248 e. The van der Waals surface area contributed by atoms with Crippen molar-refractivity contribution in [1.82, 2.24) is 4.90 Å². The Kier molecular flexibility index (Phi) is 6.87. The molecule has 0 bridgehead atoms. The van der Waals surface area contributed by atoms with Crippen molar-refractivity contribution in [2.75, 3.05) is 31.2 Å². The number of aliphatic hydroxyl groups is 2. The summed E-state index contributed by atoms with van der Waals surface area (Å²) in [4.78, 5) is 39.3. The molecule has 31 heavy (non-hydrogen) atoms. The quantitative estimate of drug-likeness (QED) is 0.470. The van der Waals surface area contributed by atoms with Crippen LogP contribution in [0.3, 0.4) is 0 Å². The van der Waals surface area contributed by atoms with Crippen molar-refractivity contribution >= 4 is 23.4 Å². The van der Waals surface area contributed by atoms with E-state index in [1.54, 1.807) is 26.0 Å². The third-order valence-corrected chi connectivity index (χ3v) is 5.55. The Bertz CT molecular complexity index is 927. The minimum atomic E-state index is -0.935. The third-order valence-electron chi connectivity index (χ3n) is 5.55. The van der Waals surface area contributed by atoms with Gasteiger partial charge in [-0.1, -0.05) is 36.4 Å². The van der Waals surface area contributed by atoms with Gasteiger partial charge in [0, 0.05) is 13.1 Å². The molecule has 164 valence electrons. The monoisotopic (exact) mass is 424 g/mol. The van der Waals surface area contributed by atoms with Gasteiger partial charge in [-0.05, 0) is 49.1 Å². The van der Waals surface area contributed by atoms with Crippen LogP contribution in [-0.4, -0.2) is 59.1 Å². The molecule has 1 aliphatic heterocycles. The number of aliphatic hydroxyl groups excluding tert-OH is 2. The first-order valence-electron chi connectivity index (χ1n) is 10.3. The molecule has 3 rings (SSSR count). The number of benzene rings is 2. The van der Waals surface area contributed by atoms with Crippen molar-refractivity contribution in [3.8, 4) is 0 Å². The fraction of sp³-hybridized carbons (Fsp3) is 0.375. The average Bonchev–Trinajstić information content (AvgIpc) is 2.76. The van der Waals surface area contributed by atoms with Crippen LogP contribution >= 0.6 is 0 Å². The molecule has 3 amide bonds. The van der Waals surface area contributed by atoms with E-state index in [1.165, 1.54) is 9.80 Å². The van der Waals surface area contributed by atoms with Gasteiger partial charge in [0.25, 0.3) is 0 Å². The Morgan fingerprint density at radius 2 is 1.29 bits per heavy atom. The Morgan fingerprint density at radius 1 is 0.839 bits per heavy atom. The number of hydrogen-bond donors (Lipinski definition) is 2. The number of imide groups is 1. The molecule has 0 unspecified atom stereocenters. The summed E-state index contributed by atoms with van der Waals surface area (Å²) < 4.78 is 0. The van der Waals surface area contributed by atoms with E-state index in [2.05, 4.69) is 0 Å². The molecule has 7 heteroatoms. The number of β-lactam (4-membered cyclic amide) rings is 2. The number of hydrogen-bond acceptors (Lipinski definition) is 5. The summed E-state index contributed by atoms with van der Waals surface area (Å²) in [5.41, 5.74) is 2.63. The molecular formula is C24H28N2O5. The highest BCUT2D eigenvalue weighted by molar-refractivity contribution is 6.35. The lowest BCUT2D eigenvalue weighted by atomic mass is 9.81. The lowest BCUT2D eigenvalue weighted by Crippen LogP contribution is -2.63. The van der Waals surface area contributed by atoms with Gasteiger partial charge in [0.1, 0.15) is 5.41 Å². The van der Waals surface area contributed by atoms with Gasteiger partial charge in [0.05, 0.1) is 25.3 Å². The van der Waals surface area contributed by atoms with Crippen molar-refractivity contribution in [1.29, 1.82) is 0 Å². The molecule has 0 radical (unpaired) electrons. The Morgan fingerprint density at radius 3 is 1.77 bits per heavy atom. The Labute approximate surface area is 181 Å². The number of nitrogens with zero attached hydrogens (tertiary/aromatic N) is 2. The normalized spacial score (nSPS) is 15.0. The van der Waals surface area contributed by atoms with E-state index in [-0.39, 0.29) is 50.4 Å². The van der Waals surface area contributed by atoms with Gasteiger partial charge < -0.3 is 15.1 Å². The SMILES string of the molecule is CC1(C)C(=O)N(c2ccc(Cc3ccc(CC(=O)N(CCO)CCO)cc3)cc2)C1=O. The smallest absolute Gasteiger partial charge is 0.248 e. The van der Waals surface area contributed by atoms with Crippen molar-refractivity contribution in [3.63, 3.8) is 0 Å². The fourth-order valence-electron chi connectivity index (χ4n) is 3.59. The Hall–Kier alpha value is -3.03. The molecule has 1 fully saturated rings. The van der Waals surface area contributed by atoms with Crippen LogP contribution in [0.5, 0.6) is 0 Å². The second kappa shape index (κ2) is 9.41. The maximum absolute atomic E-state index is 12.3. The largest absolute Gasteiger partial charge is 0.395 e. The van der Waals surface area contributed by atoms with Crippen molar-refractivity contribution in [2.45, 2.75) is 26.7 Å². The van der Waals surface area contributed by atoms with Crippen molar-refractivity contribution in [2.24, 2.45) is 5.41 Å². The number of carbonyl (C=O) groups excluding carboxylic acids is 3. The van der Waals surface area contributed by atoms with Crippen LogP contribution in [0.4, 0.5) is 5.69 Å². The summed E-state index contributed by atoms with van der Waals surface area (Å²) in [6.07, 6.45) is 0.895. The molecule has 2 aromatic carbocycles. The molecule has 0 atom stereocenters. The zero-order valence-corrected chi connectivity index (χ0v) is 17.9. The predicted octanol–water partition coefficient (Wildman–Crippen LogP) is 1.53. The van der Waals surface area contributed by atoms with Crippen LogP contribution in [0.25, 0.3) is 0 Å². The number of rotatable bonds is 9. The minimum Gasteiger partial charge on any atom is -0.395 e. The van der Waals surface area contributed by atoms with E-state index in [9.17, 15) is 14.4 Å². The van der Waals surface area contributed by atoms with E-state index in [0.29, 0.717) is 12.1 Å². The van der Waals surface area contributed by atoms with Gasteiger partial charge in [-0.2, -0.15) is 0 Å². The molecule has 0 aromatic heterocycles.